The van der Waals surface area contributed by atoms with Crippen molar-refractivity contribution in [2.24, 2.45) is 10.4 Å². The van der Waals surface area contributed by atoms with Gasteiger partial charge in [0.2, 0.25) is 5.89 Å². The number of nitrogens with zero attached hydrogens (tertiary/aromatic N) is 3. The van der Waals surface area contributed by atoms with E-state index >= 15 is 0 Å². The molecule has 1 fully saturated rings. The van der Waals surface area contributed by atoms with Gasteiger partial charge in [-0.25, -0.2) is 0 Å². The minimum absolute atomic E-state index is 0. The molecular weight excluding hydrogens is 421 g/mol. The molecule has 1 heterocycles. The molecule has 0 saturated heterocycles. The highest BCUT2D eigenvalue weighted by Crippen LogP contribution is 2.43. The van der Waals surface area contributed by atoms with Crippen molar-refractivity contribution in [1.29, 1.82) is 0 Å². The number of guanidine groups is 1. The molecule has 7 nitrogen and oxygen atoms in total. The predicted octanol–water partition coefficient (Wildman–Crippen LogP) is 2.30. The molecule has 1 saturated carbocycles. The normalized spacial score (nSPS) is 16.2. The van der Waals surface area contributed by atoms with Crippen LogP contribution in [-0.2, 0) is 11.2 Å². The van der Waals surface area contributed by atoms with E-state index in [4.69, 9.17) is 9.26 Å². The Kier molecular flexibility index (Phi) is 9.57. The molecule has 0 radical (unpaired) electrons. The van der Waals surface area contributed by atoms with Crippen LogP contribution in [-0.4, -0.2) is 50.0 Å². The summed E-state index contributed by atoms with van der Waals surface area (Å²) in [6.07, 6.45) is 6.69. The molecule has 0 aliphatic heterocycles. The van der Waals surface area contributed by atoms with Crippen LogP contribution in [0.25, 0.3) is 0 Å². The van der Waals surface area contributed by atoms with Crippen LogP contribution in [0.4, 0.5) is 0 Å². The third kappa shape index (κ3) is 6.54. The Morgan fingerprint density at radius 3 is 2.71 bits per heavy atom. The van der Waals surface area contributed by atoms with Crippen molar-refractivity contribution in [3.05, 3.63) is 11.7 Å². The maximum atomic E-state index is 5.24. The molecule has 1 aromatic heterocycles. The molecule has 138 valence electrons. The molecule has 2 N–H and O–H groups in total. The van der Waals surface area contributed by atoms with Crippen LogP contribution in [0, 0.1) is 12.3 Å². The minimum Gasteiger partial charge on any atom is -0.385 e. The number of aliphatic imine (C=N–C) groups is 1. The molecule has 1 aromatic rings. The van der Waals surface area contributed by atoms with Crippen LogP contribution in [0.3, 0.4) is 0 Å². The van der Waals surface area contributed by atoms with Crippen LogP contribution in [0.2, 0.25) is 0 Å². The monoisotopic (exact) mass is 451 g/mol. The van der Waals surface area contributed by atoms with Crippen molar-refractivity contribution >= 4 is 29.9 Å². The summed E-state index contributed by atoms with van der Waals surface area (Å²) >= 11 is 0. The highest BCUT2D eigenvalue weighted by atomic mass is 127. The van der Waals surface area contributed by atoms with Gasteiger partial charge in [-0.1, -0.05) is 11.6 Å². The zero-order chi connectivity index (χ0) is 16.5. The Morgan fingerprint density at radius 1 is 1.38 bits per heavy atom. The van der Waals surface area contributed by atoms with Gasteiger partial charge in [0, 0.05) is 40.3 Å². The highest BCUT2D eigenvalue weighted by molar-refractivity contribution is 14.0. The maximum absolute atomic E-state index is 5.24. The standard InChI is InChI=1S/C16H29N5O2.HI/c1-13-20-14(23-21-13)6-4-10-18-15(17-2)19-12-16(7-5-8-16)9-11-22-3;/h4-12H2,1-3H3,(H2,17,18,19);1H. The predicted molar refractivity (Wildman–Crippen MR) is 105 cm³/mol. The molecule has 1 aliphatic rings. The third-order valence-electron chi connectivity index (χ3n) is 4.53. The Bertz CT molecular complexity index is 502. The van der Waals surface area contributed by atoms with Gasteiger partial charge in [-0.2, -0.15) is 4.98 Å². The topological polar surface area (TPSA) is 84.6 Å². The van der Waals surface area contributed by atoms with Gasteiger partial charge < -0.3 is 19.9 Å². The summed E-state index contributed by atoms with van der Waals surface area (Å²) in [5.41, 5.74) is 0.384. The molecule has 0 atom stereocenters. The molecule has 1 aliphatic carbocycles. The number of nitrogens with one attached hydrogen (secondary N) is 2. The fraction of sp³-hybridized carbons (Fsp3) is 0.812. The lowest BCUT2D eigenvalue weighted by Gasteiger charge is -2.42. The summed E-state index contributed by atoms with van der Waals surface area (Å²) in [6, 6.07) is 0. The second kappa shape index (κ2) is 10.9. The van der Waals surface area contributed by atoms with Gasteiger partial charge in [-0.3, -0.25) is 4.99 Å². The summed E-state index contributed by atoms with van der Waals surface area (Å²) in [5.74, 6) is 2.24. The van der Waals surface area contributed by atoms with E-state index in [2.05, 4.69) is 25.8 Å². The van der Waals surface area contributed by atoms with E-state index in [0.717, 1.165) is 44.9 Å². The fourth-order valence-corrected chi connectivity index (χ4v) is 2.89. The zero-order valence-electron chi connectivity index (χ0n) is 14.9. The first-order chi connectivity index (χ1) is 11.2. The number of ether oxygens (including phenoxy) is 1. The fourth-order valence-electron chi connectivity index (χ4n) is 2.89. The van der Waals surface area contributed by atoms with Gasteiger partial charge in [0.1, 0.15) is 0 Å². The third-order valence-corrected chi connectivity index (χ3v) is 4.53. The lowest BCUT2D eigenvalue weighted by atomic mass is 9.67. The second-order valence-corrected chi connectivity index (χ2v) is 6.29. The lowest BCUT2D eigenvalue weighted by molar-refractivity contribution is 0.0732. The molecule has 0 spiro atoms. The SMILES string of the molecule is CN=C(NCCCc1nc(C)no1)NCC1(CCOC)CCC1.I. The van der Waals surface area contributed by atoms with Crippen LogP contribution >= 0.6 is 24.0 Å². The van der Waals surface area contributed by atoms with E-state index in [1.807, 2.05) is 6.92 Å². The number of aromatic nitrogens is 2. The molecule has 0 amide bonds. The van der Waals surface area contributed by atoms with E-state index in [-0.39, 0.29) is 24.0 Å². The van der Waals surface area contributed by atoms with Crippen molar-refractivity contribution in [2.45, 2.75) is 45.4 Å². The molecule has 0 aromatic carbocycles. The number of halogens is 1. The largest absolute Gasteiger partial charge is 0.385 e. The number of aryl methyl sites for hydroxylation is 2. The average Bonchev–Trinajstić information content (AvgIpc) is 2.93. The molecule has 8 heteroatoms. The lowest BCUT2D eigenvalue weighted by Crippen LogP contribution is -2.47. The van der Waals surface area contributed by atoms with Gasteiger partial charge >= 0.3 is 0 Å². The van der Waals surface area contributed by atoms with Crippen molar-refractivity contribution in [3.63, 3.8) is 0 Å². The quantitative estimate of drug-likeness (QED) is 0.260. The minimum atomic E-state index is 0. The first-order valence-electron chi connectivity index (χ1n) is 8.40. The molecule has 2 rings (SSSR count). The van der Waals surface area contributed by atoms with Crippen molar-refractivity contribution in [1.82, 2.24) is 20.8 Å². The maximum Gasteiger partial charge on any atom is 0.226 e. The average molecular weight is 451 g/mol. The first kappa shape index (κ1) is 21.1. The summed E-state index contributed by atoms with van der Waals surface area (Å²) in [5, 5.41) is 10.6. The number of rotatable bonds is 9. The van der Waals surface area contributed by atoms with Crippen molar-refractivity contribution in [2.75, 3.05) is 33.9 Å². The molecule has 0 bridgehead atoms. The van der Waals surface area contributed by atoms with Crippen LogP contribution in [0.15, 0.2) is 9.52 Å². The van der Waals surface area contributed by atoms with E-state index in [0.29, 0.717) is 17.1 Å². The van der Waals surface area contributed by atoms with E-state index < -0.39 is 0 Å². The Morgan fingerprint density at radius 2 is 2.17 bits per heavy atom. The smallest absolute Gasteiger partial charge is 0.226 e. The van der Waals surface area contributed by atoms with Crippen molar-refractivity contribution in [3.8, 4) is 0 Å². The van der Waals surface area contributed by atoms with Crippen molar-refractivity contribution < 1.29 is 9.26 Å². The van der Waals surface area contributed by atoms with Gasteiger partial charge in [-0.15, -0.1) is 24.0 Å². The molecule has 24 heavy (non-hydrogen) atoms. The van der Waals surface area contributed by atoms with E-state index in [1.165, 1.54) is 19.3 Å². The second-order valence-electron chi connectivity index (χ2n) is 6.29. The summed E-state index contributed by atoms with van der Waals surface area (Å²) < 4.78 is 10.3. The number of hydrogen-bond acceptors (Lipinski definition) is 5. The first-order valence-corrected chi connectivity index (χ1v) is 8.40. The summed E-state index contributed by atoms with van der Waals surface area (Å²) in [4.78, 5) is 8.49. The zero-order valence-corrected chi connectivity index (χ0v) is 17.3. The Hall–Kier alpha value is -0.900. The van der Waals surface area contributed by atoms with Gasteiger partial charge in [0.05, 0.1) is 0 Å². The van der Waals surface area contributed by atoms with Gasteiger partial charge in [-0.05, 0) is 38.0 Å². The van der Waals surface area contributed by atoms with Gasteiger partial charge in [0.15, 0.2) is 11.8 Å². The van der Waals surface area contributed by atoms with Crippen LogP contribution in [0.1, 0.15) is 43.8 Å². The van der Waals surface area contributed by atoms with Crippen LogP contribution in [0.5, 0.6) is 0 Å². The van der Waals surface area contributed by atoms with Crippen LogP contribution < -0.4 is 10.6 Å². The summed E-state index contributed by atoms with van der Waals surface area (Å²) in [7, 11) is 3.57. The van der Waals surface area contributed by atoms with Gasteiger partial charge in [0.25, 0.3) is 0 Å². The molecular formula is C16H30IN5O2. The highest BCUT2D eigenvalue weighted by Gasteiger charge is 2.36. The number of methoxy groups -OCH3 is 1. The van der Waals surface area contributed by atoms with E-state index in [1.54, 1.807) is 14.2 Å². The molecule has 0 unspecified atom stereocenters. The summed E-state index contributed by atoms with van der Waals surface area (Å²) in [6.45, 7) is 4.44. The van der Waals surface area contributed by atoms with E-state index in [9.17, 15) is 0 Å². The Labute approximate surface area is 161 Å². The number of hydrogen-bond donors (Lipinski definition) is 2. The Balaban J connectivity index is 0.00000288.